The molecule has 0 aliphatic carbocycles. The molecule has 0 radical (unpaired) electrons. The Hall–Kier alpha value is -4.22. The summed E-state index contributed by atoms with van der Waals surface area (Å²) in [6, 6.07) is 18.5. The van der Waals surface area contributed by atoms with E-state index in [-0.39, 0.29) is 29.7 Å². The summed E-state index contributed by atoms with van der Waals surface area (Å²) in [7, 11) is 1.62. The van der Waals surface area contributed by atoms with Crippen LogP contribution in [0.25, 0.3) is 22.4 Å². The minimum atomic E-state index is -0.385. The molecule has 250 valence electrons. The lowest BCUT2D eigenvalue weighted by Gasteiger charge is -2.17. The Bertz CT molecular complexity index is 1820. The molecule has 2 atom stereocenters. The van der Waals surface area contributed by atoms with E-state index in [4.69, 9.17) is 27.9 Å². The first-order valence-corrected chi connectivity index (χ1v) is 16.7. The molecule has 48 heavy (non-hydrogen) atoms. The molecule has 0 spiro atoms. The van der Waals surface area contributed by atoms with Crippen molar-refractivity contribution in [3.63, 3.8) is 0 Å². The van der Waals surface area contributed by atoms with Gasteiger partial charge in [-0.15, -0.1) is 0 Å². The van der Waals surface area contributed by atoms with Crippen molar-refractivity contribution in [1.29, 1.82) is 0 Å². The Balaban J connectivity index is 1.17. The van der Waals surface area contributed by atoms with E-state index in [0.29, 0.717) is 88.6 Å². The van der Waals surface area contributed by atoms with Gasteiger partial charge < -0.3 is 31.3 Å². The molecule has 5 N–H and O–H groups in total. The third-order valence-corrected chi connectivity index (χ3v) is 9.46. The Morgan fingerprint density at radius 1 is 0.833 bits per heavy atom. The fourth-order valence-corrected chi connectivity index (χ4v) is 6.71. The molecule has 9 nitrogen and oxygen atoms in total. The number of hydrogen-bond donors (Lipinski definition) is 5. The van der Waals surface area contributed by atoms with Crippen LogP contribution >= 0.6 is 23.2 Å². The molecule has 4 aromatic rings. The molecule has 6 rings (SSSR count). The van der Waals surface area contributed by atoms with Gasteiger partial charge >= 0.3 is 0 Å². The van der Waals surface area contributed by atoms with E-state index in [0.717, 1.165) is 24.0 Å². The number of carbonyl (C=O) groups is 2. The smallest absolute Gasteiger partial charge is 0.220 e. The molecule has 0 saturated carbocycles. The molecule has 2 aliphatic rings. The molecule has 3 aromatic carbocycles. The van der Waals surface area contributed by atoms with Crippen LogP contribution in [0.3, 0.4) is 0 Å². The molecule has 2 amide bonds. The molecular weight excluding hydrogens is 654 g/mol. The molecule has 2 saturated heterocycles. The van der Waals surface area contributed by atoms with Gasteiger partial charge in [0.1, 0.15) is 5.75 Å². The molecule has 3 heterocycles. The zero-order chi connectivity index (χ0) is 33.6. The highest BCUT2D eigenvalue weighted by Gasteiger charge is 2.22. The number of anilines is 2. The normalized spacial score (nSPS) is 17.3. The first-order valence-electron chi connectivity index (χ1n) is 16.0. The van der Waals surface area contributed by atoms with E-state index in [1.807, 2.05) is 30.3 Å². The fourth-order valence-electron chi connectivity index (χ4n) is 6.11. The Labute approximate surface area is 289 Å². The number of hydrogen-bond acceptors (Lipinski definition) is 7. The van der Waals surface area contributed by atoms with Crippen molar-refractivity contribution in [2.24, 2.45) is 0 Å². The van der Waals surface area contributed by atoms with E-state index in [1.54, 1.807) is 43.6 Å². The standard InChI is InChI=1S/C36H37Cl2FN6O3/c1-48-30-16-21(8-9-22(30)17-40-19-24-10-12-31(46)43-24)36-34(38)27(14-15-42-36)26-5-3-6-28(33(26)37)45-29-7-2-4-23(35(29)39)18-41-20-25-11-13-32(47)44-25/h2-9,14-16,24-25,40-41,45H,10-13,17-20H2,1H3,(H,43,46)(H,44,47). The predicted octanol–water partition coefficient (Wildman–Crippen LogP) is 6.35. The second-order valence-corrected chi connectivity index (χ2v) is 12.7. The van der Waals surface area contributed by atoms with Gasteiger partial charge in [-0.1, -0.05) is 59.6 Å². The highest BCUT2D eigenvalue weighted by molar-refractivity contribution is 6.39. The average Bonchev–Trinajstić information content (AvgIpc) is 3.70. The zero-order valence-corrected chi connectivity index (χ0v) is 28.0. The van der Waals surface area contributed by atoms with E-state index < -0.39 is 0 Å². The minimum Gasteiger partial charge on any atom is -0.496 e. The summed E-state index contributed by atoms with van der Waals surface area (Å²) in [4.78, 5) is 27.5. The number of nitrogens with zero attached hydrogens (tertiary/aromatic N) is 1. The molecule has 1 aromatic heterocycles. The average molecular weight is 692 g/mol. The van der Waals surface area contributed by atoms with Crippen LogP contribution in [-0.4, -0.2) is 49.1 Å². The highest BCUT2D eigenvalue weighted by Crippen LogP contribution is 2.42. The summed E-state index contributed by atoms with van der Waals surface area (Å²) in [6.07, 6.45) is 4.38. The number of carbonyl (C=O) groups excluding carboxylic acids is 2. The maximum absolute atomic E-state index is 15.6. The summed E-state index contributed by atoms with van der Waals surface area (Å²) in [6.45, 7) is 2.14. The van der Waals surface area contributed by atoms with Crippen molar-refractivity contribution in [1.82, 2.24) is 26.3 Å². The number of aromatic nitrogens is 1. The van der Waals surface area contributed by atoms with Crippen molar-refractivity contribution in [3.05, 3.63) is 93.8 Å². The van der Waals surface area contributed by atoms with Gasteiger partial charge in [0.2, 0.25) is 11.8 Å². The number of methoxy groups -OCH3 is 1. The van der Waals surface area contributed by atoms with Gasteiger partial charge in [-0.2, -0.15) is 0 Å². The van der Waals surface area contributed by atoms with Crippen molar-refractivity contribution < 1.29 is 18.7 Å². The molecular formula is C36H37Cl2FN6O3. The van der Waals surface area contributed by atoms with Crippen molar-refractivity contribution in [2.75, 3.05) is 25.5 Å². The zero-order valence-electron chi connectivity index (χ0n) is 26.5. The van der Waals surface area contributed by atoms with E-state index in [1.165, 1.54) is 0 Å². The number of pyridine rings is 1. The monoisotopic (exact) mass is 690 g/mol. The lowest BCUT2D eigenvalue weighted by atomic mass is 10.0. The Morgan fingerprint density at radius 2 is 1.48 bits per heavy atom. The second kappa shape index (κ2) is 15.3. The van der Waals surface area contributed by atoms with Crippen LogP contribution in [0, 0.1) is 5.82 Å². The number of ether oxygens (including phenoxy) is 1. The van der Waals surface area contributed by atoms with Crippen LogP contribution in [0.15, 0.2) is 66.9 Å². The SMILES string of the molecule is COc1cc(-c2nccc(-c3cccc(Nc4cccc(CNCC5CCC(=O)N5)c4F)c3Cl)c2Cl)ccc1CNCC1CCC(=O)N1. The van der Waals surface area contributed by atoms with Gasteiger partial charge in [-0.3, -0.25) is 14.6 Å². The third kappa shape index (κ3) is 7.73. The predicted molar refractivity (Wildman–Crippen MR) is 187 cm³/mol. The maximum atomic E-state index is 15.6. The van der Waals surface area contributed by atoms with Gasteiger partial charge in [-0.25, -0.2) is 4.39 Å². The molecule has 12 heteroatoms. The van der Waals surface area contributed by atoms with Gasteiger partial charge in [0.25, 0.3) is 0 Å². The van der Waals surface area contributed by atoms with Crippen LogP contribution in [-0.2, 0) is 22.7 Å². The van der Waals surface area contributed by atoms with E-state index in [9.17, 15) is 9.59 Å². The summed E-state index contributed by atoms with van der Waals surface area (Å²) in [5.41, 5.74) is 4.97. The minimum absolute atomic E-state index is 0.0505. The highest BCUT2D eigenvalue weighted by atomic mass is 35.5. The third-order valence-electron chi connectivity index (χ3n) is 8.67. The van der Waals surface area contributed by atoms with Crippen LogP contribution in [0.5, 0.6) is 5.75 Å². The summed E-state index contributed by atoms with van der Waals surface area (Å²) >= 11 is 13.9. The van der Waals surface area contributed by atoms with Crippen LogP contribution in [0.2, 0.25) is 10.0 Å². The molecule has 2 aliphatic heterocycles. The van der Waals surface area contributed by atoms with Crippen LogP contribution in [0.4, 0.5) is 15.8 Å². The summed E-state index contributed by atoms with van der Waals surface area (Å²) < 4.78 is 21.3. The first kappa shape index (κ1) is 33.7. The number of nitrogens with one attached hydrogen (secondary N) is 5. The fraction of sp³-hybridized carbons (Fsp3) is 0.306. The van der Waals surface area contributed by atoms with Crippen molar-refractivity contribution in [2.45, 2.75) is 50.9 Å². The van der Waals surface area contributed by atoms with E-state index in [2.05, 4.69) is 31.6 Å². The second-order valence-electron chi connectivity index (χ2n) is 12.0. The molecule has 2 fully saturated rings. The van der Waals surface area contributed by atoms with Crippen LogP contribution < -0.4 is 31.3 Å². The van der Waals surface area contributed by atoms with E-state index >= 15 is 4.39 Å². The van der Waals surface area contributed by atoms with Crippen molar-refractivity contribution >= 4 is 46.4 Å². The lowest BCUT2D eigenvalue weighted by molar-refractivity contribution is -0.120. The molecule has 0 bridgehead atoms. The quantitative estimate of drug-likeness (QED) is 0.111. The largest absolute Gasteiger partial charge is 0.496 e. The topological polar surface area (TPSA) is 116 Å². The van der Waals surface area contributed by atoms with Crippen LogP contribution in [0.1, 0.15) is 36.8 Å². The first-order chi connectivity index (χ1) is 23.3. The summed E-state index contributed by atoms with van der Waals surface area (Å²) in [5, 5.41) is 16.5. The van der Waals surface area contributed by atoms with Gasteiger partial charge in [0.05, 0.1) is 34.2 Å². The van der Waals surface area contributed by atoms with Crippen molar-refractivity contribution in [3.8, 4) is 28.1 Å². The Morgan fingerprint density at radius 3 is 2.15 bits per heavy atom. The van der Waals surface area contributed by atoms with Gasteiger partial charge in [-0.05, 0) is 37.1 Å². The number of amides is 2. The molecule has 2 unspecified atom stereocenters. The number of benzene rings is 3. The van der Waals surface area contributed by atoms with Gasteiger partial charge in [0, 0.05) is 85.1 Å². The Kier molecular flexibility index (Phi) is 10.8. The lowest BCUT2D eigenvalue weighted by Crippen LogP contribution is -2.35. The van der Waals surface area contributed by atoms with Gasteiger partial charge in [0.15, 0.2) is 5.82 Å². The maximum Gasteiger partial charge on any atom is 0.220 e. The number of rotatable bonds is 13. The summed E-state index contributed by atoms with van der Waals surface area (Å²) in [5.74, 6) is 0.447. The number of halogens is 3.